The van der Waals surface area contributed by atoms with Crippen LogP contribution in [0.5, 0.6) is 5.88 Å². The van der Waals surface area contributed by atoms with E-state index in [1.54, 1.807) is 18.1 Å². The van der Waals surface area contributed by atoms with Crippen molar-refractivity contribution < 1.29 is 9.94 Å². The molecule has 0 amide bonds. The zero-order valence-corrected chi connectivity index (χ0v) is 23.0. The highest BCUT2D eigenvalue weighted by Crippen LogP contribution is 2.32. The molecule has 0 bridgehead atoms. The van der Waals surface area contributed by atoms with Crippen molar-refractivity contribution in [2.24, 2.45) is 11.8 Å². The summed E-state index contributed by atoms with van der Waals surface area (Å²) >= 11 is 1.59. The first-order valence-electron chi connectivity index (χ1n) is 12.4. The molecule has 9 heteroatoms. The molecule has 0 spiro atoms. The largest absolute Gasteiger partial charge is 0.394 e. The van der Waals surface area contributed by atoms with Crippen molar-refractivity contribution in [3.8, 4) is 5.88 Å². The lowest BCUT2D eigenvalue weighted by atomic mass is 9.87. The molecule has 0 unspecified atom stereocenters. The molecule has 2 heterocycles. The van der Waals surface area contributed by atoms with Crippen LogP contribution in [0.25, 0.3) is 0 Å². The third kappa shape index (κ3) is 8.44. The first-order chi connectivity index (χ1) is 16.5. The standard InChI is InChI=1S/C26H42N6O2S/c1-18(2)19-11-13-32(14-12-19)23-24(27-16-22(28-23)29-26(6,7)17-33)34-30-20-9-8-10-21(15-20)35-31-25(3,4)5/h8-10,15-16,18-19,30-31,33H,11-14,17H2,1-7H3,(H,28,29). The predicted molar refractivity (Wildman–Crippen MR) is 146 cm³/mol. The molecule has 1 aliphatic rings. The number of anilines is 3. The molecule has 35 heavy (non-hydrogen) atoms. The van der Waals surface area contributed by atoms with Gasteiger partial charge in [-0.3, -0.25) is 4.72 Å². The van der Waals surface area contributed by atoms with Crippen molar-refractivity contribution in [3.63, 3.8) is 0 Å². The SMILES string of the molecule is CC(C)C1CCN(c2nc(NC(C)(C)CO)cnc2ONc2cccc(SNC(C)(C)C)c2)CC1. The summed E-state index contributed by atoms with van der Waals surface area (Å²) in [5.74, 6) is 3.16. The van der Waals surface area contributed by atoms with E-state index in [0.717, 1.165) is 42.4 Å². The second-order valence-electron chi connectivity index (χ2n) is 11.3. The first-order valence-corrected chi connectivity index (χ1v) is 13.3. The van der Waals surface area contributed by atoms with Crippen LogP contribution < -0.4 is 25.3 Å². The molecule has 4 N–H and O–H groups in total. The van der Waals surface area contributed by atoms with Crippen LogP contribution in [0.3, 0.4) is 0 Å². The molecule has 1 fully saturated rings. The molecule has 1 saturated heterocycles. The summed E-state index contributed by atoms with van der Waals surface area (Å²) < 4.78 is 3.43. The van der Waals surface area contributed by atoms with Gasteiger partial charge >= 0.3 is 0 Å². The fraction of sp³-hybridized carbons (Fsp3) is 0.615. The topological polar surface area (TPSA) is 94.6 Å². The number of aliphatic hydroxyl groups excluding tert-OH is 1. The van der Waals surface area contributed by atoms with Crippen molar-refractivity contribution in [2.75, 3.05) is 35.4 Å². The number of hydrogen-bond acceptors (Lipinski definition) is 9. The van der Waals surface area contributed by atoms with Gasteiger partial charge in [-0.05, 0) is 89.4 Å². The Labute approximate surface area is 214 Å². The maximum absolute atomic E-state index is 9.66. The van der Waals surface area contributed by atoms with Gasteiger partial charge in [0.2, 0.25) is 0 Å². The Balaban J connectivity index is 1.77. The highest BCUT2D eigenvalue weighted by atomic mass is 32.2. The number of piperidine rings is 1. The van der Waals surface area contributed by atoms with E-state index >= 15 is 0 Å². The molecule has 0 saturated carbocycles. The molecule has 1 aromatic carbocycles. The number of benzene rings is 1. The van der Waals surface area contributed by atoms with E-state index in [0.29, 0.717) is 23.4 Å². The van der Waals surface area contributed by atoms with Crippen LogP contribution in [0, 0.1) is 11.8 Å². The average Bonchev–Trinajstić information content (AvgIpc) is 2.81. The van der Waals surface area contributed by atoms with Crippen LogP contribution in [-0.2, 0) is 0 Å². The smallest absolute Gasteiger partial charge is 0.288 e. The normalized spacial score (nSPS) is 15.4. The van der Waals surface area contributed by atoms with Gasteiger partial charge in [0.25, 0.3) is 5.88 Å². The maximum Gasteiger partial charge on any atom is 0.288 e. The van der Waals surface area contributed by atoms with Gasteiger partial charge < -0.3 is 20.2 Å². The van der Waals surface area contributed by atoms with Crippen molar-refractivity contribution in [3.05, 3.63) is 30.5 Å². The quantitative estimate of drug-likeness (QED) is 0.254. The van der Waals surface area contributed by atoms with Gasteiger partial charge in [-0.25, -0.2) is 15.4 Å². The fourth-order valence-corrected chi connectivity index (χ4v) is 4.57. The Morgan fingerprint density at radius 2 is 1.89 bits per heavy atom. The molecule has 0 aliphatic carbocycles. The van der Waals surface area contributed by atoms with Crippen LogP contribution in [0.15, 0.2) is 35.4 Å². The number of aliphatic hydroxyl groups is 1. The zero-order valence-electron chi connectivity index (χ0n) is 22.2. The van der Waals surface area contributed by atoms with Crippen molar-refractivity contribution in [1.82, 2.24) is 14.7 Å². The summed E-state index contributed by atoms with van der Waals surface area (Å²) in [5.41, 5.74) is 3.40. The molecular weight excluding hydrogens is 460 g/mol. The zero-order chi connectivity index (χ0) is 25.6. The number of aromatic nitrogens is 2. The fourth-order valence-electron chi connectivity index (χ4n) is 3.81. The summed E-state index contributed by atoms with van der Waals surface area (Å²) in [6, 6.07) is 8.04. The van der Waals surface area contributed by atoms with Gasteiger partial charge in [0.15, 0.2) is 5.82 Å². The molecule has 0 atom stereocenters. The average molecular weight is 503 g/mol. The molecule has 3 rings (SSSR count). The van der Waals surface area contributed by atoms with E-state index in [-0.39, 0.29) is 12.1 Å². The van der Waals surface area contributed by atoms with Crippen molar-refractivity contribution >= 4 is 29.3 Å². The summed E-state index contributed by atoms with van der Waals surface area (Å²) in [5, 5.41) is 12.9. The van der Waals surface area contributed by atoms with Gasteiger partial charge in [-0.15, -0.1) is 0 Å². The second-order valence-corrected chi connectivity index (χ2v) is 12.2. The number of nitrogens with one attached hydrogen (secondary N) is 3. The summed E-state index contributed by atoms with van der Waals surface area (Å²) in [6.45, 7) is 16.6. The van der Waals surface area contributed by atoms with Gasteiger partial charge in [0.1, 0.15) is 5.82 Å². The number of hydrogen-bond donors (Lipinski definition) is 4. The van der Waals surface area contributed by atoms with E-state index in [2.05, 4.69) is 66.1 Å². The van der Waals surface area contributed by atoms with Crippen LogP contribution in [0.1, 0.15) is 61.3 Å². The van der Waals surface area contributed by atoms with Gasteiger partial charge in [-0.2, -0.15) is 0 Å². The maximum atomic E-state index is 9.66. The van der Waals surface area contributed by atoms with E-state index in [9.17, 15) is 5.11 Å². The minimum absolute atomic E-state index is 0.0119. The van der Waals surface area contributed by atoms with Crippen molar-refractivity contribution in [1.29, 1.82) is 0 Å². The number of nitrogens with zero attached hydrogens (tertiary/aromatic N) is 3. The van der Waals surface area contributed by atoms with E-state index in [1.807, 2.05) is 32.0 Å². The molecular formula is C26H42N6O2S. The van der Waals surface area contributed by atoms with Crippen LogP contribution in [0.4, 0.5) is 17.3 Å². The monoisotopic (exact) mass is 502 g/mol. The Kier molecular flexibility index (Phi) is 9.12. The van der Waals surface area contributed by atoms with Crippen LogP contribution >= 0.6 is 11.9 Å². The Morgan fingerprint density at radius 1 is 1.17 bits per heavy atom. The highest BCUT2D eigenvalue weighted by Gasteiger charge is 2.26. The summed E-state index contributed by atoms with van der Waals surface area (Å²) in [4.78, 5) is 18.8. The second kappa shape index (κ2) is 11.7. The first kappa shape index (κ1) is 27.4. The van der Waals surface area contributed by atoms with Crippen molar-refractivity contribution in [2.45, 2.75) is 77.3 Å². The molecule has 194 valence electrons. The summed E-state index contributed by atoms with van der Waals surface area (Å²) in [7, 11) is 0. The lowest BCUT2D eigenvalue weighted by molar-refractivity contribution is 0.234. The van der Waals surface area contributed by atoms with Crippen LogP contribution in [0.2, 0.25) is 0 Å². The lowest BCUT2D eigenvalue weighted by Gasteiger charge is -2.35. The molecule has 8 nitrogen and oxygen atoms in total. The van der Waals surface area contributed by atoms with Gasteiger partial charge in [-0.1, -0.05) is 19.9 Å². The molecule has 1 aromatic heterocycles. The highest BCUT2D eigenvalue weighted by molar-refractivity contribution is 7.97. The van der Waals surface area contributed by atoms with E-state index in [4.69, 9.17) is 9.82 Å². The number of rotatable bonds is 10. The molecule has 0 radical (unpaired) electrons. The Hall–Kier alpha value is -2.23. The minimum Gasteiger partial charge on any atom is -0.394 e. The third-order valence-corrected chi connectivity index (χ3v) is 7.14. The predicted octanol–water partition coefficient (Wildman–Crippen LogP) is 5.33. The third-order valence-electron chi connectivity index (χ3n) is 5.94. The lowest BCUT2D eigenvalue weighted by Crippen LogP contribution is -2.37. The van der Waals surface area contributed by atoms with Gasteiger partial charge in [0.05, 0.1) is 24.0 Å². The Bertz CT molecular complexity index is 955. The molecule has 2 aromatic rings. The Morgan fingerprint density at radius 3 is 2.51 bits per heavy atom. The van der Waals surface area contributed by atoms with Gasteiger partial charge in [0, 0.05) is 23.5 Å². The minimum atomic E-state index is -0.504. The van der Waals surface area contributed by atoms with Crippen LogP contribution in [-0.4, -0.2) is 45.8 Å². The van der Waals surface area contributed by atoms with E-state index < -0.39 is 5.54 Å². The molecule has 1 aliphatic heterocycles. The van der Waals surface area contributed by atoms with E-state index in [1.165, 1.54) is 0 Å². The summed E-state index contributed by atoms with van der Waals surface area (Å²) in [6.07, 6.45) is 3.89.